The molecule has 0 spiro atoms. The van der Waals surface area contributed by atoms with Crippen molar-refractivity contribution in [2.75, 3.05) is 39.6 Å². The first-order valence-electron chi connectivity index (χ1n) is 6.46. The molecule has 5 nitrogen and oxygen atoms in total. The maximum atomic E-state index is 12.4. The summed E-state index contributed by atoms with van der Waals surface area (Å²) >= 11 is 1.67. The molecule has 20 heavy (non-hydrogen) atoms. The minimum absolute atomic E-state index is 0.383. The van der Waals surface area contributed by atoms with Gasteiger partial charge in [-0.25, -0.2) is 0 Å². The van der Waals surface area contributed by atoms with Gasteiger partial charge in [-0.2, -0.15) is 17.0 Å². The van der Waals surface area contributed by atoms with Gasteiger partial charge in [-0.1, -0.05) is 12.1 Å². The highest BCUT2D eigenvalue weighted by Crippen LogP contribution is 2.17. The number of thioether (sulfide) groups is 1. The molecule has 7 heteroatoms. The number of hydrogen-bond acceptors (Lipinski definition) is 4. The number of morpholine rings is 1. The monoisotopic (exact) mass is 316 g/mol. The van der Waals surface area contributed by atoms with Crippen LogP contribution in [0.3, 0.4) is 0 Å². The van der Waals surface area contributed by atoms with Gasteiger partial charge in [-0.05, 0) is 24.0 Å². The van der Waals surface area contributed by atoms with E-state index < -0.39 is 10.2 Å². The molecule has 0 unspecified atom stereocenters. The number of hydrogen-bond donors (Lipinski definition) is 0. The van der Waals surface area contributed by atoms with E-state index in [1.807, 2.05) is 30.5 Å². The number of ether oxygens (including phenoxy) is 1. The Kier molecular flexibility index (Phi) is 5.45. The lowest BCUT2D eigenvalue weighted by molar-refractivity contribution is 0.0705. The lowest BCUT2D eigenvalue weighted by Crippen LogP contribution is -2.47. The highest BCUT2D eigenvalue weighted by Gasteiger charge is 2.28. The van der Waals surface area contributed by atoms with Crippen LogP contribution in [-0.4, -0.2) is 56.6 Å². The molecule has 1 saturated heterocycles. The third kappa shape index (κ3) is 3.73. The molecule has 0 aliphatic carbocycles. The highest BCUT2D eigenvalue weighted by molar-refractivity contribution is 7.98. The Bertz CT molecular complexity index is 525. The van der Waals surface area contributed by atoms with Crippen LogP contribution in [0, 0.1) is 0 Å². The summed E-state index contributed by atoms with van der Waals surface area (Å²) in [6.45, 7) is 2.18. The fourth-order valence-electron chi connectivity index (χ4n) is 2.04. The number of rotatable bonds is 5. The Labute approximate surface area is 125 Å². The van der Waals surface area contributed by atoms with Crippen molar-refractivity contribution in [2.45, 2.75) is 11.4 Å². The van der Waals surface area contributed by atoms with Gasteiger partial charge >= 0.3 is 0 Å². The van der Waals surface area contributed by atoms with Gasteiger partial charge in [0.15, 0.2) is 0 Å². The van der Waals surface area contributed by atoms with Crippen LogP contribution in [-0.2, 0) is 21.5 Å². The van der Waals surface area contributed by atoms with Crippen molar-refractivity contribution in [3.05, 3.63) is 29.8 Å². The minimum Gasteiger partial charge on any atom is -0.379 e. The third-order valence-electron chi connectivity index (χ3n) is 3.25. The summed E-state index contributed by atoms with van der Waals surface area (Å²) < 4.78 is 32.9. The van der Waals surface area contributed by atoms with E-state index in [-0.39, 0.29) is 0 Å². The van der Waals surface area contributed by atoms with Crippen molar-refractivity contribution in [1.29, 1.82) is 0 Å². The lowest BCUT2D eigenvalue weighted by Gasteiger charge is -2.30. The zero-order valence-corrected chi connectivity index (χ0v) is 13.4. The van der Waals surface area contributed by atoms with E-state index in [4.69, 9.17) is 4.74 Å². The van der Waals surface area contributed by atoms with E-state index in [1.54, 1.807) is 18.8 Å². The van der Waals surface area contributed by atoms with Crippen LogP contribution in [0.2, 0.25) is 0 Å². The van der Waals surface area contributed by atoms with E-state index in [0.717, 1.165) is 5.56 Å². The van der Waals surface area contributed by atoms with Crippen molar-refractivity contribution in [1.82, 2.24) is 8.61 Å². The van der Waals surface area contributed by atoms with Gasteiger partial charge in [0.25, 0.3) is 10.2 Å². The van der Waals surface area contributed by atoms with Gasteiger partial charge in [0.2, 0.25) is 0 Å². The molecule has 1 heterocycles. The zero-order valence-electron chi connectivity index (χ0n) is 11.8. The van der Waals surface area contributed by atoms with Gasteiger partial charge in [-0.3, -0.25) is 0 Å². The quantitative estimate of drug-likeness (QED) is 0.771. The summed E-state index contributed by atoms with van der Waals surface area (Å²) in [5.74, 6) is 0. The van der Waals surface area contributed by atoms with Crippen LogP contribution in [0.25, 0.3) is 0 Å². The molecule has 1 aliphatic rings. The zero-order chi connectivity index (χ0) is 14.6. The standard InChI is InChI=1S/C13H20N2O3S2/c1-14(11-12-3-5-13(19-2)6-4-12)20(16,17)15-7-9-18-10-8-15/h3-6H,7-11H2,1-2H3. The van der Waals surface area contributed by atoms with Gasteiger partial charge in [0.1, 0.15) is 0 Å². The van der Waals surface area contributed by atoms with Crippen LogP contribution in [0.4, 0.5) is 0 Å². The van der Waals surface area contributed by atoms with Crippen LogP contribution in [0.15, 0.2) is 29.2 Å². The van der Waals surface area contributed by atoms with E-state index in [2.05, 4.69) is 0 Å². The molecule has 0 saturated carbocycles. The van der Waals surface area contributed by atoms with Crippen molar-refractivity contribution in [3.8, 4) is 0 Å². The second kappa shape index (κ2) is 6.91. The molecule has 1 aliphatic heterocycles. The van der Waals surface area contributed by atoms with Crippen molar-refractivity contribution < 1.29 is 13.2 Å². The van der Waals surface area contributed by atoms with Gasteiger partial charge in [0, 0.05) is 31.6 Å². The molecule has 112 valence electrons. The van der Waals surface area contributed by atoms with E-state index in [1.165, 1.54) is 13.5 Å². The Morgan fingerprint density at radius 3 is 2.40 bits per heavy atom. The molecule has 0 N–H and O–H groups in total. The summed E-state index contributed by atoms with van der Waals surface area (Å²) in [7, 11) is -1.78. The van der Waals surface area contributed by atoms with Crippen LogP contribution in [0.1, 0.15) is 5.56 Å². The molecule has 0 radical (unpaired) electrons. The molecule has 1 aromatic carbocycles. The molecule has 0 amide bonds. The molecule has 2 rings (SSSR count). The largest absolute Gasteiger partial charge is 0.379 e. The Morgan fingerprint density at radius 1 is 1.25 bits per heavy atom. The molecule has 0 bridgehead atoms. The summed E-state index contributed by atoms with van der Waals surface area (Å²) in [4.78, 5) is 1.17. The molecule has 0 atom stereocenters. The van der Waals surface area contributed by atoms with Crippen LogP contribution < -0.4 is 0 Å². The summed E-state index contributed by atoms with van der Waals surface area (Å²) in [5, 5.41) is 0. The molecule has 1 fully saturated rings. The van der Waals surface area contributed by atoms with Crippen molar-refractivity contribution in [3.63, 3.8) is 0 Å². The topological polar surface area (TPSA) is 49.9 Å². The third-order valence-corrected chi connectivity index (χ3v) is 5.93. The first kappa shape index (κ1) is 15.8. The fraction of sp³-hybridized carbons (Fsp3) is 0.538. The minimum atomic E-state index is -3.39. The Hall–Kier alpha value is -0.600. The first-order valence-corrected chi connectivity index (χ1v) is 9.08. The Morgan fingerprint density at radius 2 is 1.85 bits per heavy atom. The predicted molar refractivity (Wildman–Crippen MR) is 81.0 cm³/mol. The number of nitrogens with zero attached hydrogens (tertiary/aromatic N) is 2. The highest BCUT2D eigenvalue weighted by atomic mass is 32.2. The molecular weight excluding hydrogens is 296 g/mol. The summed E-state index contributed by atoms with van der Waals surface area (Å²) in [5.41, 5.74) is 0.988. The average molecular weight is 316 g/mol. The maximum absolute atomic E-state index is 12.4. The Balaban J connectivity index is 2.03. The summed E-state index contributed by atoms with van der Waals surface area (Å²) in [6.07, 6.45) is 2.02. The van der Waals surface area contributed by atoms with Crippen molar-refractivity contribution in [2.24, 2.45) is 0 Å². The van der Waals surface area contributed by atoms with Crippen LogP contribution >= 0.6 is 11.8 Å². The van der Waals surface area contributed by atoms with E-state index >= 15 is 0 Å². The van der Waals surface area contributed by atoms with Gasteiger partial charge in [0.05, 0.1) is 13.2 Å². The van der Waals surface area contributed by atoms with E-state index in [9.17, 15) is 8.42 Å². The first-order chi connectivity index (χ1) is 9.54. The molecule has 0 aromatic heterocycles. The summed E-state index contributed by atoms with van der Waals surface area (Å²) in [6, 6.07) is 7.96. The fourth-order valence-corrected chi connectivity index (χ4v) is 3.77. The lowest BCUT2D eigenvalue weighted by atomic mass is 10.2. The SMILES string of the molecule is CSc1ccc(CN(C)S(=O)(=O)N2CCOCC2)cc1. The second-order valence-corrected chi connectivity index (χ2v) is 7.54. The normalized spacial score (nSPS) is 17.6. The van der Waals surface area contributed by atoms with Gasteiger partial charge < -0.3 is 4.74 Å². The predicted octanol–water partition coefficient (Wildman–Crippen LogP) is 1.42. The number of benzene rings is 1. The van der Waals surface area contributed by atoms with Gasteiger partial charge in [-0.15, -0.1) is 11.8 Å². The molecule has 1 aromatic rings. The van der Waals surface area contributed by atoms with E-state index in [0.29, 0.717) is 32.8 Å². The van der Waals surface area contributed by atoms with Crippen molar-refractivity contribution >= 4 is 22.0 Å². The smallest absolute Gasteiger partial charge is 0.282 e. The molecular formula is C13H20N2O3S2. The van der Waals surface area contributed by atoms with Crippen LogP contribution in [0.5, 0.6) is 0 Å². The second-order valence-electron chi connectivity index (χ2n) is 4.62. The average Bonchev–Trinajstić information content (AvgIpc) is 2.49. The maximum Gasteiger partial charge on any atom is 0.282 e.